The number of nitrogens with two attached hydrogens (primary N) is 1. The van der Waals surface area contributed by atoms with Gasteiger partial charge in [0.1, 0.15) is 12.4 Å². The monoisotopic (exact) mass is 229 g/mol. The van der Waals surface area contributed by atoms with Gasteiger partial charge in [-0.2, -0.15) is 0 Å². The first kappa shape index (κ1) is 11.5. The fourth-order valence-electron chi connectivity index (χ4n) is 1.55. The van der Waals surface area contributed by atoms with E-state index in [1.807, 2.05) is 36.4 Å². The normalized spacial score (nSPS) is 10.2. The number of ether oxygens (including phenoxy) is 1. The minimum atomic E-state index is -0.0508. The molecule has 3 heteroatoms. The molecule has 0 aromatic heterocycles. The van der Waals surface area contributed by atoms with Crippen LogP contribution in [0, 0.1) is 0 Å². The molecule has 2 aromatic rings. The molecule has 2 aromatic carbocycles. The lowest BCUT2D eigenvalue weighted by Gasteiger charge is -2.08. The van der Waals surface area contributed by atoms with Gasteiger partial charge in [-0.05, 0) is 11.6 Å². The largest absolute Gasteiger partial charge is 0.489 e. The predicted molar refractivity (Wildman–Crippen MR) is 67.6 cm³/mol. The number of hydrogen-bond acceptors (Lipinski definition) is 3. The number of benzene rings is 2. The Bertz CT molecular complexity index is 483. The number of hydrogen-bond donors (Lipinski definition) is 2. The maximum atomic E-state index is 9.00. The van der Waals surface area contributed by atoms with Crippen molar-refractivity contribution >= 4 is 5.69 Å². The minimum absolute atomic E-state index is 0.0508. The molecule has 0 aliphatic carbocycles. The predicted octanol–water partition coefficient (Wildman–Crippen LogP) is 2.34. The summed E-state index contributed by atoms with van der Waals surface area (Å²) in [5.74, 6) is 0.712. The SMILES string of the molecule is Nc1cc(OCc2ccccc2)ccc1CO. The van der Waals surface area contributed by atoms with Crippen LogP contribution in [0.5, 0.6) is 5.75 Å². The second kappa shape index (κ2) is 5.37. The van der Waals surface area contributed by atoms with E-state index in [1.54, 1.807) is 12.1 Å². The maximum Gasteiger partial charge on any atom is 0.121 e. The van der Waals surface area contributed by atoms with Crippen molar-refractivity contribution in [1.29, 1.82) is 0 Å². The molecular weight excluding hydrogens is 214 g/mol. The van der Waals surface area contributed by atoms with E-state index in [1.165, 1.54) is 0 Å². The van der Waals surface area contributed by atoms with Crippen LogP contribution in [0.1, 0.15) is 11.1 Å². The zero-order valence-corrected chi connectivity index (χ0v) is 9.47. The van der Waals surface area contributed by atoms with Gasteiger partial charge in [0, 0.05) is 17.3 Å². The molecule has 0 unspecified atom stereocenters. The fourth-order valence-corrected chi connectivity index (χ4v) is 1.55. The highest BCUT2D eigenvalue weighted by Crippen LogP contribution is 2.20. The smallest absolute Gasteiger partial charge is 0.121 e. The van der Waals surface area contributed by atoms with Gasteiger partial charge in [-0.1, -0.05) is 36.4 Å². The molecule has 3 N–H and O–H groups in total. The van der Waals surface area contributed by atoms with Gasteiger partial charge in [0.25, 0.3) is 0 Å². The van der Waals surface area contributed by atoms with Crippen molar-refractivity contribution in [2.45, 2.75) is 13.2 Å². The van der Waals surface area contributed by atoms with Crippen LogP contribution in [0.15, 0.2) is 48.5 Å². The molecule has 88 valence electrons. The first-order chi connectivity index (χ1) is 8.29. The molecule has 0 spiro atoms. The molecule has 0 radical (unpaired) electrons. The molecule has 2 rings (SSSR count). The third-order valence-corrected chi connectivity index (χ3v) is 2.54. The lowest BCUT2D eigenvalue weighted by Crippen LogP contribution is -1.98. The van der Waals surface area contributed by atoms with E-state index in [9.17, 15) is 0 Å². The quantitative estimate of drug-likeness (QED) is 0.791. The van der Waals surface area contributed by atoms with Crippen LogP contribution in [0.25, 0.3) is 0 Å². The summed E-state index contributed by atoms with van der Waals surface area (Å²) >= 11 is 0. The molecular formula is C14H15NO2. The topological polar surface area (TPSA) is 55.5 Å². The highest BCUT2D eigenvalue weighted by molar-refractivity contribution is 5.51. The van der Waals surface area contributed by atoms with E-state index in [0.717, 1.165) is 11.1 Å². The van der Waals surface area contributed by atoms with Crippen LogP contribution in [0.3, 0.4) is 0 Å². The van der Waals surface area contributed by atoms with Gasteiger partial charge in [-0.25, -0.2) is 0 Å². The summed E-state index contributed by atoms with van der Waals surface area (Å²) in [7, 11) is 0. The van der Waals surface area contributed by atoms with Crippen LogP contribution in [-0.2, 0) is 13.2 Å². The maximum absolute atomic E-state index is 9.00. The Hall–Kier alpha value is -2.00. The van der Waals surface area contributed by atoms with E-state index < -0.39 is 0 Å². The summed E-state index contributed by atoms with van der Waals surface area (Å²) in [5.41, 5.74) is 8.14. The van der Waals surface area contributed by atoms with Gasteiger partial charge < -0.3 is 15.6 Å². The van der Waals surface area contributed by atoms with E-state index in [2.05, 4.69) is 0 Å². The minimum Gasteiger partial charge on any atom is -0.489 e. The molecule has 0 saturated carbocycles. The molecule has 0 fully saturated rings. The molecule has 0 bridgehead atoms. The number of aliphatic hydroxyl groups excluding tert-OH is 1. The molecule has 0 aliphatic rings. The summed E-state index contributed by atoms with van der Waals surface area (Å²) in [6.45, 7) is 0.462. The number of nitrogen functional groups attached to an aromatic ring is 1. The summed E-state index contributed by atoms with van der Waals surface area (Å²) in [6, 6.07) is 15.2. The van der Waals surface area contributed by atoms with Crippen molar-refractivity contribution in [2.24, 2.45) is 0 Å². The average molecular weight is 229 g/mol. The average Bonchev–Trinajstić information content (AvgIpc) is 2.38. The van der Waals surface area contributed by atoms with Crippen LogP contribution in [0.4, 0.5) is 5.69 Å². The third-order valence-electron chi connectivity index (χ3n) is 2.54. The standard InChI is InChI=1S/C14H15NO2/c15-14-8-13(7-6-12(14)9-16)17-10-11-4-2-1-3-5-11/h1-8,16H,9-10,15H2. The Balaban J connectivity index is 2.02. The molecule has 0 amide bonds. The van der Waals surface area contributed by atoms with Crippen molar-refractivity contribution in [3.63, 3.8) is 0 Å². The highest BCUT2D eigenvalue weighted by Gasteiger charge is 2.00. The second-order valence-corrected chi connectivity index (χ2v) is 3.79. The molecule has 0 aliphatic heterocycles. The first-order valence-corrected chi connectivity index (χ1v) is 5.45. The molecule has 0 saturated heterocycles. The van der Waals surface area contributed by atoms with Crippen LogP contribution < -0.4 is 10.5 Å². The first-order valence-electron chi connectivity index (χ1n) is 5.45. The Morgan fingerprint density at radius 3 is 2.47 bits per heavy atom. The van der Waals surface area contributed by atoms with Gasteiger partial charge in [0.05, 0.1) is 6.61 Å². The van der Waals surface area contributed by atoms with Crippen molar-refractivity contribution in [3.05, 3.63) is 59.7 Å². The lowest BCUT2D eigenvalue weighted by atomic mass is 10.2. The van der Waals surface area contributed by atoms with E-state index in [4.69, 9.17) is 15.6 Å². The van der Waals surface area contributed by atoms with Crippen molar-refractivity contribution in [1.82, 2.24) is 0 Å². The summed E-state index contributed by atoms with van der Waals surface area (Å²) < 4.78 is 5.61. The Kier molecular flexibility index (Phi) is 3.62. The Morgan fingerprint density at radius 2 is 1.82 bits per heavy atom. The van der Waals surface area contributed by atoms with E-state index in [0.29, 0.717) is 18.0 Å². The summed E-state index contributed by atoms with van der Waals surface area (Å²) in [6.07, 6.45) is 0. The van der Waals surface area contributed by atoms with Gasteiger partial charge >= 0.3 is 0 Å². The van der Waals surface area contributed by atoms with E-state index in [-0.39, 0.29) is 6.61 Å². The van der Waals surface area contributed by atoms with Gasteiger partial charge in [0.2, 0.25) is 0 Å². The van der Waals surface area contributed by atoms with Gasteiger partial charge in [-0.15, -0.1) is 0 Å². The zero-order valence-electron chi connectivity index (χ0n) is 9.47. The molecule has 0 heterocycles. The Labute approximate surface area is 100 Å². The zero-order chi connectivity index (χ0) is 12.1. The van der Waals surface area contributed by atoms with E-state index >= 15 is 0 Å². The summed E-state index contributed by atoms with van der Waals surface area (Å²) in [5, 5.41) is 9.00. The number of anilines is 1. The number of aliphatic hydroxyl groups is 1. The lowest BCUT2D eigenvalue weighted by molar-refractivity contribution is 0.281. The molecule has 3 nitrogen and oxygen atoms in total. The highest BCUT2D eigenvalue weighted by atomic mass is 16.5. The van der Waals surface area contributed by atoms with Crippen LogP contribution in [-0.4, -0.2) is 5.11 Å². The van der Waals surface area contributed by atoms with Crippen molar-refractivity contribution < 1.29 is 9.84 Å². The Morgan fingerprint density at radius 1 is 1.06 bits per heavy atom. The van der Waals surface area contributed by atoms with Crippen molar-refractivity contribution in [2.75, 3.05) is 5.73 Å². The fraction of sp³-hybridized carbons (Fsp3) is 0.143. The van der Waals surface area contributed by atoms with Crippen molar-refractivity contribution in [3.8, 4) is 5.75 Å². The van der Waals surface area contributed by atoms with Gasteiger partial charge in [0.15, 0.2) is 0 Å². The third kappa shape index (κ3) is 2.98. The second-order valence-electron chi connectivity index (χ2n) is 3.79. The van der Waals surface area contributed by atoms with Gasteiger partial charge in [-0.3, -0.25) is 0 Å². The van der Waals surface area contributed by atoms with Crippen LogP contribution in [0.2, 0.25) is 0 Å². The molecule has 0 atom stereocenters. The number of rotatable bonds is 4. The molecule has 17 heavy (non-hydrogen) atoms. The summed E-state index contributed by atoms with van der Waals surface area (Å²) in [4.78, 5) is 0. The van der Waals surface area contributed by atoms with Crippen LogP contribution >= 0.6 is 0 Å².